The van der Waals surface area contributed by atoms with Crippen LogP contribution in [0.15, 0.2) is 48.8 Å². The number of aromatic nitrogens is 1. The summed E-state index contributed by atoms with van der Waals surface area (Å²) in [5, 5.41) is 6.00. The van der Waals surface area contributed by atoms with Gasteiger partial charge in [-0.3, -0.25) is 14.6 Å². The summed E-state index contributed by atoms with van der Waals surface area (Å²) in [4.78, 5) is 30.0. The minimum Gasteiger partial charge on any atom is -0.380 e. The molecule has 0 aliphatic carbocycles. The van der Waals surface area contributed by atoms with Crippen LogP contribution in [0.1, 0.15) is 12.0 Å². The zero-order chi connectivity index (χ0) is 16.9. The van der Waals surface area contributed by atoms with Gasteiger partial charge in [0.2, 0.25) is 0 Å². The Balaban J connectivity index is 1.55. The Morgan fingerprint density at radius 3 is 2.71 bits per heavy atom. The summed E-state index contributed by atoms with van der Waals surface area (Å²) in [6.45, 7) is 2.97. The number of likely N-dealkylation sites (tertiary alicyclic amines) is 1. The molecule has 0 saturated carbocycles. The molecule has 0 bridgehead atoms. The molecular formula is C18H20N4O2. The molecule has 3 rings (SSSR count). The molecule has 1 aliphatic rings. The van der Waals surface area contributed by atoms with Gasteiger partial charge in [-0.25, -0.2) is 0 Å². The quantitative estimate of drug-likeness (QED) is 0.847. The van der Waals surface area contributed by atoms with Crippen molar-refractivity contribution in [1.82, 2.24) is 9.88 Å². The van der Waals surface area contributed by atoms with E-state index in [1.54, 1.807) is 17.2 Å². The minimum atomic E-state index is -0.622. The van der Waals surface area contributed by atoms with Crippen LogP contribution in [0.3, 0.4) is 0 Å². The van der Waals surface area contributed by atoms with Gasteiger partial charge in [0.15, 0.2) is 0 Å². The van der Waals surface area contributed by atoms with Gasteiger partial charge in [-0.05, 0) is 37.1 Å². The van der Waals surface area contributed by atoms with Crippen LogP contribution in [0, 0.1) is 6.92 Å². The van der Waals surface area contributed by atoms with E-state index in [0.29, 0.717) is 18.8 Å². The smallest absolute Gasteiger partial charge is 0.313 e. The molecule has 0 radical (unpaired) electrons. The fourth-order valence-corrected chi connectivity index (χ4v) is 2.78. The summed E-state index contributed by atoms with van der Waals surface area (Å²) in [5.74, 6) is -1.13. The molecule has 1 unspecified atom stereocenters. The molecule has 1 aromatic heterocycles. The zero-order valence-corrected chi connectivity index (χ0v) is 13.5. The second-order valence-electron chi connectivity index (χ2n) is 5.95. The third-order valence-electron chi connectivity index (χ3n) is 3.95. The van der Waals surface area contributed by atoms with Gasteiger partial charge in [0, 0.05) is 31.0 Å². The van der Waals surface area contributed by atoms with E-state index in [1.165, 1.54) is 6.20 Å². The van der Waals surface area contributed by atoms with Gasteiger partial charge in [0.05, 0.1) is 11.9 Å². The average Bonchev–Trinajstić information content (AvgIpc) is 3.03. The van der Waals surface area contributed by atoms with E-state index in [4.69, 9.17) is 0 Å². The Kier molecular flexibility index (Phi) is 4.74. The molecule has 2 aromatic rings. The van der Waals surface area contributed by atoms with Gasteiger partial charge in [-0.2, -0.15) is 0 Å². The van der Waals surface area contributed by atoms with Crippen molar-refractivity contribution in [3.8, 4) is 0 Å². The van der Waals surface area contributed by atoms with Crippen LogP contribution in [0.5, 0.6) is 0 Å². The van der Waals surface area contributed by atoms with Crippen LogP contribution in [-0.2, 0) is 9.59 Å². The largest absolute Gasteiger partial charge is 0.380 e. The number of benzene rings is 1. The third kappa shape index (κ3) is 3.90. The highest BCUT2D eigenvalue weighted by atomic mass is 16.2. The lowest BCUT2D eigenvalue weighted by molar-refractivity contribution is -0.142. The second kappa shape index (κ2) is 7.12. The van der Waals surface area contributed by atoms with Crippen molar-refractivity contribution in [2.75, 3.05) is 23.7 Å². The van der Waals surface area contributed by atoms with Crippen molar-refractivity contribution in [1.29, 1.82) is 0 Å². The Morgan fingerprint density at radius 2 is 1.96 bits per heavy atom. The van der Waals surface area contributed by atoms with E-state index in [9.17, 15) is 9.59 Å². The Morgan fingerprint density at radius 1 is 1.17 bits per heavy atom. The molecule has 1 saturated heterocycles. The molecule has 1 atom stereocenters. The van der Waals surface area contributed by atoms with Crippen LogP contribution < -0.4 is 10.6 Å². The predicted molar refractivity (Wildman–Crippen MR) is 92.7 cm³/mol. The molecule has 2 amide bonds. The standard InChI is InChI=1S/C18H20N4O2/c1-13-9-16(11-19-10-13)21-17(23)18(24)22-8-7-15(12-22)20-14-5-3-2-4-6-14/h2-6,9-11,15,20H,7-8,12H2,1H3,(H,21,23). The fourth-order valence-electron chi connectivity index (χ4n) is 2.78. The van der Waals surface area contributed by atoms with Gasteiger partial charge < -0.3 is 15.5 Å². The number of hydrogen-bond acceptors (Lipinski definition) is 4. The minimum absolute atomic E-state index is 0.157. The van der Waals surface area contributed by atoms with Gasteiger partial charge >= 0.3 is 11.8 Å². The van der Waals surface area contributed by atoms with E-state index >= 15 is 0 Å². The van der Waals surface area contributed by atoms with Crippen LogP contribution in [-0.4, -0.2) is 40.8 Å². The van der Waals surface area contributed by atoms with Crippen molar-refractivity contribution in [2.24, 2.45) is 0 Å². The molecule has 1 fully saturated rings. The van der Waals surface area contributed by atoms with E-state index in [-0.39, 0.29) is 6.04 Å². The number of nitrogens with one attached hydrogen (secondary N) is 2. The number of aryl methyl sites for hydroxylation is 1. The first-order valence-electron chi connectivity index (χ1n) is 7.95. The number of carbonyl (C=O) groups is 2. The molecule has 2 N–H and O–H groups in total. The fraction of sp³-hybridized carbons (Fsp3) is 0.278. The highest BCUT2D eigenvalue weighted by Gasteiger charge is 2.30. The number of pyridine rings is 1. The van der Waals surface area contributed by atoms with E-state index < -0.39 is 11.8 Å². The summed E-state index contributed by atoms with van der Waals surface area (Å²) < 4.78 is 0. The normalized spacial score (nSPS) is 16.7. The number of anilines is 2. The second-order valence-corrected chi connectivity index (χ2v) is 5.95. The number of hydrogen-bond donors (Lipinski definition) is 2. The molecule has 0 spiro atoms. The van der Waals surface area contributed by atoms with Crippen molar-refractivity contribution in [2.45, 2.75) is 19.4 Å². The molecular weight excluding hydrogens is 304 g/mol. The van der Waals surface area contributed by atoms with Crippen molar-refractivity contribution in [3.63, 3.8) is 0 Å². The van der Waals surface area contributed by atoms with Crippen LogP contribution in [0.4, 0.5) is 11.4 Å². The highest BCUT2D eigenvalue weighted by molar-refractivity contribution is 6.39. The predicted octanol–water partition coefficient (Wildman–Crippen LogP) is 2.04. The molecule has 124 valence electrons. The molecule has 1 aliphatic heterocycles. The number of amides is 2. The maximum absolute atomic E-state index is 12.3. The Labute approximate surface area is 140 Å². The Bertz CT molecular complexity index is 733. The molecule has 1 aromatic carbocycles. The number of rotatable bonds is 3. The molecule has 6 heteroatoms. The van der Waals surface area contributed by atoms with Gasteiger partial charge in [-0.15, -0.1) is 0 Å². The van der Waals surface area contributed by atoms with Gasteiger partial charge in [0.1, 0.15) is 0 Å². The number of para-hydroxylation sites is 1. The van der Waals surface area contributed by atoms with E-state index in [0.717, 1.165) is 17.7 Å². The molecule has 24 heavy (non-hydrogen) atoms. The topological polar surface area (TPSA) is 74.3 Å². The first-order chi connectivity index (χ1) is 11.6. The van der Waals surface area contributed by atoms with Crippen LogP contribution >= 0.6 is 0 Å². The lowest BCUT2D eigenvalue weighted by Gasteiger charge is -2.17. The molecule has 2 heterocycles. The SMILES string of the molecule is Cc1cncc(NC(=O)C(=O)N2CCC(Nc3ccccc3)C2)c1. The van der Waals surface area contributed by atoms with Gasteiger partial charge in [0.25, 0.3) is 0 Å². The summed E-state index contributed by atoms with van der Waals surface area (Å²) in [6.07, 6.45) is 4.04. The van der Waals surface area contributed by atoms with Crippen LogP contribution in [0.25, 0.3) is 0 Å². The summed E-state index contributed by atoms with van der Waals surface area (Å²) in [5.41, 5.74) is 2.48. The number of nitrogens with zero attached hydrogens (tertiary/aromatic N) is 2. The number of carbonyl (C=O) groups excluding carboxylic acids is 2. The highest BCUT2D eigenvalue weighted by Crippen LogP contribution is 2.16. The van der Waals surface area contributed by atoms with Crippen molar-refractivity contribution < 1.29 is 9.59 Å². The maximum Gasteiger partial charge on any atom is 0.313 e. The third-order valence-corrected chi connectivity index (χ3v) is 3.95. The lowest BCUT2D eigenvalue weighted by atomic mass is 10.2. The molecule has 6 nitrogen and oxygen atoms in total. The van der Waals surface area contributed by atoms with E-state index in [1.807, 2.05) is 37.3 Å². The summed E-state index contributed by atoms with van der Waals surface area (Å²) in [7, 11) is 0. The maximum atomic E-state index is 12.3. The Hall–Kier alpha value is -2.89. The summed E-state index contributed by atoms with van der Waals surface area (Å²) >= 11 is 0. The van der Waals surface area contributed by atoms with E-state index in [2.05, 4.69) is 15.6 Å². The first kappa shape index (κ1) is 16.0. The van der Waals surface area contributed by atoms with Crippen molar-refractivity contribution >= 4 is 23.2 Å². The van der Waals surface area contributed by atoms with Crippen molar-refractivity contribution in [3.05, 3.63) is 54.4 Å². The summed E-state index contributed by atoms with van der Waals surface area (Å²) in [6, 6.07) is 11.8. The first-order valence-corrected chi connectivity index (χ1v) is 7.95. The zero-order valence-electron chi connectivity index (χ0n) is 13.5. The lowest BCUT2D eigenvalue weighted by Crippen LogP contribution is -2.39. The van der Waals surface area contributed by atoms with Crippen LogP contribution in [0.2, 0.25) is 0 Å². The average molecular weight is 324 g/mol. The monoisotopic (exact) mass is 324 g/mol. The van der Waals surface area contributed by atoms with Gasteiger partial charge in [-0.1, -0.05) is 18.2 Å².